The number of hydrogen-bond acceptors (Lipinski definition) is 8. The van der Waals surface area contributed by atoms with Crippen molar-refractivity contribution < 1.29 is 19.1 Å². The third-order valence-corrected chi connectivity index (χ3v) is 5.26. The molecule has 9 nitrogen and oxygen atoms in total. The molecule has 2 aromatic rings. The SMILES string of the molecule is CCOC(=O)c1nnn(CCCCN2CCN(c3ccccc3)CC2)c1C(=O)OCC. The molecule has 2 heterocycles. The Hall–Kier alpha value is -2.94. The van der Waals surface area contributed by atoms with Crippen molar-refractivity contribution in [2.24, 2.45) is 0 Å². The molecule has 0 amide bonds. The Labute approximate surface area is 182 Å². The van der Waals surface area contributed by atoms with E-state index in [-0.39, 0.29) is 24.6 Å². The summed E-state index contributed by atoms with van der Waals surface area (Å²) in [6.45, 7) is 9.39. The van der Waals surface area contributed by atoms with E-state index in [4.69, 9.17) is 9.47 Å². The highest BCUT2D eigenvalue weighted by Crippen LogP contribution is 2.16. The highest BCUT2D eigenvalue weighted by Gasteiger charge is 2.27. The molecule has 1 saturated heterocycles. The van der Waals surface area contributed by atoms with Crippen molar-refractivity contribution in [3.63, 3.8) is 0 Å². The van der Waals surface area contributed by atoms with Crippen molar-refractivity contribution in [2.75, 3.05) is 50.8 Å². The summed E-state index contributed by atoms with van der Waals surface area (Å²) in [5, 5.41) is 7.86. The van der Waals surface area contributed by atoms with Crippen LogP contribution in [0, 0.1) is 0 Å². The van der Waals surface area contributed by atoms with E-state index < -0.39 is 11.9 Å². The number of hydrogen-bond donors (Lipinski definition) is 0. The number of para-hydroxylation sites is 1. The van der Waals surface area contributed by atoms with Crippen LogP contribution in [-0.2, 0) is 16.0 Å². The van der Waals surface area contributed by atoms with E-state index in [0.717, 1.165) is 45.6 Å². The molecule has 9 heteroatoms. The molecule has 0 atom stereocenters. The number of benzene rings is 1. The summed E-state index contributed by atoms with van der Waals surface area (Å²) in [5.74, 6) is -1.26. The minimum Gasteiger partial charge on any atom is -0.461 e. The van der Waals surface area contributed by atoms with Crippen molar-refractivity contribution in [2.45, 2.75) is 33.2 Å². The Balaban J connectivity index is 1.48. The number of carbonyl (C=O) groups excluding carboxylic acids is 2. The van der Waals surface area contributed by atoms with Gasteiger partial charge in [0.25, 0.3) is 0 Å². The normalized spacial score (nSPS) is 14.5. The molecule has 0 saturated carbocycles. The number of rotatable bonds is 10. The summed E-state index contributed by atoms with van der Waals surface area (Å²) < 4.78 is 11.5. The van der Waals surface area contributed by atoms with Gasteiger partial charge in [0.1, 0.15) is 0 Å². The fourth-order valence-electron chi connectivity index (χ4n) is 3.67. The number of aryl methyl sites for hydroxylation is 1. The molecule has 0 aliphatic carbocycles. The zero-order chi connectivity index (χ0) is 22.1. The second kappa shape index (κ2) is 11.5. The second-order valence-electron chi connectivity index (χ2n) is 7.32. The number of carbonyl (C=O) groups is 2. The monoisotopic (exact) mass is 429 g/mol. The van der Waals surface area contributed by atoms with Crippen LogP contribution in [0.15, 0.2) is 30.3 Å². The Kier molecular flexibility index (Phi) is 8.40. The predicted molar refractivity (Wildman–Crippen MR) is 116 cm³/mol. The minimum atomic E-state index is -0.659. The molecule has 0 N–H and O–H groups in total. The van der Waals surface area contributed by atoms with Crippen LogP contribution in [0.25, 0.3) is 0 Å². The zero-order valence-corrected chi connectivity index (χ0v) is 18.3. The van der Waals surface area contributed by atoms with Gasteiger partial charge in [0.05, 0.1) is 13.2 Å². The van der Waals surface area contributed by atoms with Crippen molar-refractivity contribution in [3.05, 3.63) is 41.7 Å². The largest absolute Gasteiger partial charge is 0.461 e. The van der Waals surface area contributed by atoms with Crippen molar-refractivity contribution in [3.8, 4) is 0 Å². The lowest BCUT2D eigenvalue weighted by atomic mass is 10.2. The fraction of sp³-hybridized carbons (Fsp3) is 0.545. The van der Waals surface area contributed by atoms with E-state index in [1.54, 1.807) is 13.8 Å². The fourth-order valence-corrected chi connectivity index (χ4v) is 3.67. The maximum Gasteiger partial charge on any atom is 0.361 e. The molecule has 1 aromatic heterocycles. The van der Waals surface area contributed by atoms with E-state index in [1.807, 2.05) is 6.07 Å². The highest BCUT2D eigenvalue weighted by molar-refractivity contribution is 6.00. The van der Waals surface area contributed by atoms with Gasteiger partial charge in [-0.1, -0.05) is 23.4 Å². The lowest BCUT2D eigenvalue weighted by molar-refractivity contribution is 0.0466. The average Bonchev–Trinajstić information content (AvgIpc) is 3.22. The zero-order valence-electron chi connectivity index (χ0n) is 18.3. The minimum absolute atomic E-state index is 0.0665. The first-order valence-corrected chi connectivity index (χ1v) is 10.9. The lowest BCUT2D eigenvalue weighted by Gasteiger charge is -2.36. The number of piperazine rings is 1. The van der Waals surface area contributed by atoms with Gasteiger partial charge < -0.3 is 14.4 Å². The Bertz CT molecular complexity index is 847. The van der Waals surface area contributed by atoms with Crippen molar-refractivity contribution in [1.82, 2.24) is 19.9 Å². The molecule has 1 fully saturated rings. The number of nitrogens with zero attached hydrogens (tertiary/aromatic N) is 5. The first kappa shape index (κ1) is 22.7. The molecule has 31 heavy (non-hydrogen) atoms. The predicted octanol–water partition coefficient (Wildman–Crippen LogP) is 2.23. The molecule has 1 aromatic carbocycles. The van der Waals surface area contributed by atoms with Crippen LogP contribution >= 0.6 is 0 Å². The molecule has 168 valence electrons. The van der Waals surface area contributed by atoms with Gasteiger partial charge in [0.2, 0.25) is 5.69 Å². The standard InChI is InChI=1S/C22H31N5O4/c1-3-30-21(28)19-20(22(29)31-4-2)27(24-23-19)13-9-8-12-25-14-16-26(17-15-25)18-10-6-5-7-11-18/h5-7,10-11H,3-4,8-9,12-17H2,1-2H3. The topological polar surface area (TPSA) is 89.8 Å². The quantitative estimate of drug-likeness (QED) is 0.420. The Morgan fingerprint density at radius 2 is 1.55 bits per heavy atom. The van der Waals surface area contributed by atoms with Crippen LogP contribution in [-0.4, -0.2) is 77.8 Å². The van der Waals surface area contributed by atoms with E-state index in [2.05, 4.69) is 44.4 Å². The van der Waals surface area contributed by atoms with Gasteiger partial charge in [-0.25, -0.2) is 14.3 Å². The number of anilines is 1. The lowest BCUT2D eigenvalue weighted by Crippen LogP contribution is -2.46. The molecule has 0 radical (unpaired) electrons. The van der Waals surface area contributed by atoms with E-state index in [9.17, 15) is 9.59 Å². The van der Waals surface area contributed by atoms with Gasteiger partial charge in [-0.2, -0.15) is 0 Å². The Morgan fingerprint density at radius 3 is 2.23 bits per heavy atom. The molecule has 1 aliphatic heterocycles. The van der Waals surface area contributed by atoms with Crippen LogP contribution in [0.3, 0.4) is 0 Å². The van der Waals surface area contributed by atoms with Crippen LogP contribution in [0.2, 0.25) is 0 Å². The van der Waals surface area contributed by atoms with Gasteiger partial charge in [0, 0.05) is 38.4 Å². The first-order chi connectivity index (χ1) is 15.1. The third kappa shape index (κ3) is 6.04. The first-order valence-electron chi connectivity index (χ1n) is 10.9. The van der Waals surface area contributed by atoms with Gasteiger partial charge in [-0.05, 0) is 45.4 Å². The molecule has 1 aliphatic rings. The van der Waals surface area contributed by atoms with Gasteiger partial charge >= 0.3 is 11.9 Å². The molecule has 0 spiro atoms. The Morgan fingerprint density at radius 1 is 0.903 bits per heavy atom. The van der Waals surface area contributed by atoms with Gasteiger partial charge in [-0.15, -0.1) is 5.10 Å². The van der Waals surface area contributed by atoms with Crippen molar-refractivity contribution >= 4 is 17.6 Å². The van der Waals surface area contributed by atoms with Crippen LogP contribution in [0.1, 0.15) is 47.7 Å². The summed E-state index contributed by atoms with van der Waals surface area (Å²) in [6, 6.07) is 10.5. The molecule has 0 unspecified atom stereocenters. The summed E-state index contributed by atoms with van der Waals surface area (Å²) in [4.78, 5) is 29.3. The average molecular weight is 430 g/mol. The number of aromatic nitrogens is 3. The smallest absolute Gasteiger partial charge is 0.361 e. The molecule has 3 rings (SSSR count). The number of unbranched alkanes of at least 4 members (excludes halogenated alkanes) is 1. The van der Waals surface area contributed by atoms with Gasteiger partial charge in [0.15, 0.2) is 5.69 Å². The summed E-state index contributed by atoms with van der Waals surface area (Å²) in [7, 11) is 0. The van der Waals surface area contributed by atoms with Crippen molar-refractivity contribution in [1.29, 1.82) is 0 Å². The number of ether oxygens (including phenoxy) is 2. The van der Waals surface area contributed by atoms with Crippen LogP contribution in [0.5, 0.6) is 0 Å². The second-order valence-corrected chi connectivity index (χ2v) is 7.32. The van der Waals surface area contributed by atoms with Gasteiger partial charge in [-0.3, -0.25) is 4.90 Å². The maximum absolute atomic E-state index is 12.3. The van der Waals surface area contributed by atoms with E-state index in [0.29, 0.717) is 6.54 Å². The van der Waals surface area contributed by atoms with Crippen LogP contribution in [0.4, 0.5) is 5.69 Å². The third-order valence-electron chi connectivity index (χ3n) is 5.26. The molecule has 0 bridgehead atoms. The summed E-state index contributed by atoms with van der Waals surface area (Å²) in [6.07, 6.45) is 1.78. The van der Waals surface area contributed by atoms with E-state index in [1.165, 1.54) is 10.4 Å². The maximum atomic E-state index is 12.3. The van der Waals surface area contributed by atoms with Crippen LogP contribution < -0.4 is 4.90 Å². The summed E-state index contributed by atoms with van der Waals surface area (Å²) in [5.41, 5.74) is 1.26. The molecular formula is C22H31N5O4. The van der Waals surface area contributed by atoms with E-state index >= 15 is 0 Å². The molecular weight excluding hydrogens is 398 g/mol. The summed E-state index contributed by atoms with van der Waals surface area (Å²) >= 11 is 0. The highest BCUT2D eigenvalue weighted by atomic mass is 16.5. The number of esters is 2.